The van der Waals surface area contributed by atoms with Crippen LogP contribution in [0.2, 0.25) is 0 Å². The average molecular weight is 609 g/mol. The Morgan fingerprint density at radius 3 is 2.67 bits per heavy atom. The Morgan fingerprint density at radius 2 is 1.93 bits per heavy atom. The largest absolute Gasteiger partial charge is 0.494 e. The molecule has 2 aromatic heterocycles. The number of carbonyl (C=O) groups excluding carboxylic acids is 3. The number of imidazole rings is 1. The molecule has 1 aliphatic heterocycles. The fourth-order valence-corrected chi connectivity index (χ4v) is 6.84. The fraction of sp³-hybridized carbons (Fsp3) is 0.179. The highest BCUT2D eigenvalue weighted by molar-refractivity contribution is 8.26. The summed E-state index contributed by atoms with van der Waals surface area (Å²) < 4.78 is 7.38. The number of thioether (sulfide) groups is 2. The zero-order valence-corrected chi connectivity index (χ0v) is 24.6. The van der Waals surface area contributed by atoms with Gasteiger partial charge in [-0.2, -0.15) is 0 Å². The summed E-state index contributed by atoms with van der Waals surface area (Å²) in [4.78, 5) is 46.7. The van der Waals surface area contributed by atoms with Crippen LogP contribution in [-0.4, -0.2) is 55.4 Å². The number of aromatic nitrogens is 2. The number of carbonyl (C=O) groups is 3. The number of benzene rings is 2. The molecule has 0 radical (unpaired) electrons. The second-order valence-corrected chi connectivity index (χ2v) is 12.1. The van der Waals surface area contributed by atoms with Crippen LogP contribution < -0.4 is 10.1 Å². The minimum Gasteiger partial charge on any atom is -0.494 e. The second kappa shape index (κ2) is 12.8. The number of para-hydroxylation sites is 2. The molecule has 8 nitrogen and oxygen atoms in total. The number of fused-ring (bicyclic) bond motifs is 1. The van der Waals surface area contributed by atoms with Crippen molar-refractivity contribution in [3.63, 3.8) is 0 Å². The van der Waals surface area contributed by atoms with Crippen LogP contribution >= 0.6 is 47.1 Å². The Balaban J connectivity index is 1.25. The highest BCUT2D eigenvalue weighted by Gasteiger charge is 2.32. The van der Waals surface area contributed by atoms with Gasteiger partial charge >= 0.3 is 0 Å². The van der Waals surface area contributed by atoms with Crippen molar-refractivity contribution in [2.75, 3.05) is 24.2 Å². The van der Waals surface area contributed by atoms with E-state index in [1.165, 1.54) is 44.3 Å². The first-order valence-corrected chi connectivity index (χ1v) is 15.5. The third kappa shape index (κ3) is 6.47. The molecule has 2 aromatic carbocycles. The molecule has 0 saturated carbocycles. The quantitative estimate of drug-likeness (QED) is 0.130. The van der Waals surface area contributed by atoms with Crippen LogP contribution in [0.3, 0.4) is 0 Å². The predicted molar refractivity (Wildman–Crippen MR) is 166 cm³/mol. The number of rotatable bonds is 10. The number of anilines is 1. The minimum absolute atomic E-state index is 0.0466. The molecule has 1 saturated heterocycles. The summed E-state index contributed by atoms with van der Waals surface area (Å²) in [6.45, 7) is 2.63. The van der Waals surface area contributed by atoms with E-state index in [2.05, 4.69) is 10.3 Å². The van der Waals surface area contributed by atoms with Crippen molar-refractivity contribution in [3.05, 3.63) is 75.8 Å². The molecule has 4 aromatic rings. The molecule has 0 atom stereocenters. The molecule has 5 rings (SSSR count). The third-order valence-electron chi connectivity index (χ3n) is 5.80. The average Bonchev–Trinajstić information content (AvgIpc) is 3.66. The Hall–Kier alpha value is -3.45. The van der Waals surface area contributed by atoms with Gasteiger partial charge < -0.3 is 10.1 Å². The summed E-state index contributed by atoms with van der Waals surface area (Å²) in [5.74, 6) is 0.125. The Labute approximate surface area is 248 Å². The van der Waals surface area contributed by atoms with Crippen LogP contribution in [0.25, 0.3) is 17.1 Å². The lowest BCUT2D eigenvalue weighted by atomic mass is 10.3. The molecular formula is C28H24N4O4S4. The van der Waals surface area contributed by atoms with Crippen molar-refractivity contribution in [1.82, 2.24) is 14.5 Å². The smallest absolute Gasteiger partial charge is 0.266 e. The minimum atomic E-state index is -0.237. The fourth-order valence-electron chi connectivity index (χ4n) is 3.98. The van der Waals surface area contributed by atoms with Crippen LogP contribution in [0.15, 0.2) is 76.1 Å². The second-order valence-electron chi connectivity index (χ2n) is 8.51. The van der Waals surface area contributed by atoms with Crippen molar-refractivity contribution >= 4 is 91.9 Å². The first-order valence-electron chi connectivity index (χ1n) is 12.4. The SMILES string of the molecule is CCOc1ccc(NC(=O)CSc2nc3ccccc3n2C(=O)CCN2C(=O)/C(=C\c3cccs3)SC2=S)cc1. The van der Waals surface area contributed by atoms with E-state index in [1.54, 1.807) is 24.3 Å². The summed E-state index contributed by atoms with van der Waals surface area (Å²) in [6, 6.07) is 18.3. The van der Waals surface area contributed by atoms with Gasteiger partial charge in [0.05, 0.1) is 28.3 Å². The van der Waals surface area contributed by atoms with Crippen molar-refractivity contribution in [1.29, 1.82) is 0 Å². The van der Waals surface area contributed by atoms with Crippen LogP contribution in [-0.2, 0) is 9.59 Å². The zero-order valence-electron chi connectivity index (χ0n) is 21.4. The van der Waals surface area contributed by atoms with E-state index >= 15 is 0 Å². The number of nitrogens with one attached hydrogen (secondary N) is 1. The van der Waals surface area contributed by atoms with Crippen molar-refractivity contribution in [2.45, 2.75) is 18.5 Å². The molecule has 204 valence electrons. The zero-order chi connectivity index (χ0) is 28.1. The topological polar surface area (TPSA) is 93.5 Å². The van der Waals surface area contributed by atoms with Gasteiger partial charge in [0.25, 0.3) is 5.91 Å². The van der Waals surface area contributed by atoms with Crippen molar-refractivity contribution < 1.29 is 19.1 Å². The van der Waals surface area contributed by atoms with E-state index in [1.807, 2.05) is 54.8 Å². The number of thiocarbonyl (C=S) groups is 1. The van der Waals surface area contributed by atoms with Gasteiger partial charge in [-0.25, -0.2) is 4.98 Å². The molecule has 0 spiro atoms. The van der Waals surface area contributed by atoms with Gasteiger partial charge in [0.15, 0.2) is 5.16 Å². The Bertz CT molecular complexity index is 1600. The number of hydrogen-bond donors (Lipinski definition) is 1. The number of nitrogens with zero attached hydrogens (tertiary/aromatic N) is 3. The van der Waals surface area contributed by atoms with Gasteiger partial charge in [-0.15, -0.1) is 11.3 Å². The summed E-state index contributed by atoms with van der Waals surface area (Å²) in [5.41, 5.74) is 1.94. The van der Waals surface area contributed by atoms with E-state index in [4.69, 9.17) is 17.0 Å². The molecule has 2 amide bonds. The van der Waals surface area contributed by atoms with Crippen molar-refractivity contribution in [2.24, 2.45) is 0 Å². The molecule has 12 heteroatoms. The number of hydrogen-bond acceptors (Lipinski definition) is 9. The Morgan fingerprint density at radius 1 is 1.12 bits per heavy atom. The van der Waals surface area contributed by atoms with E-state index in [-0.39, 0.29) is 36.4 Å². The maximum Gasteiger partial charge on any atom is 0.266 e. The predicted octanol–water partition coefficient (Wildman–Crippen LogP) is 6.16. The molecule has 1 fully saturated rings. The van der Waals surface area contributed by atoms with Gasteiger partial charge in [-0.3, -0.25) is 23.9 Å². The summed E-state index contributed by atoms with van der Waals surface area (Å²) in [6.07, 6.45) is 1.87. The van der Waals surface area contributed by atoms with Gasteiger partial charge in [-0.1, -0.05) is 53.9 Å². The van der Waals surface area contributed by atoms with Crippen LogP contribution in [0.1, 0.15) is 23.0 Å². The highest BCUT2D eigenvalue weighted by Crippen LogP contribution is 2.33. The summed E-state index contributed by atoms with van der Waals surface area (Å²) in [5, 5.41) is 5.21. The monoisotopic (exact) mass is 608 g/mol. The van der Waals surface area contributed by atoms with Gasteiger partial charge in [0.1, 0.15) is 10.1 Å². The van der Waals surface area contributed by atoms with Gasteiger partial charge in [0.2, 0.25) is 11.8 Å². The van der Waals surface area contributed by atoms with Gasteiger partial charge in [-0.05, 0) is 60.8 Å². The van der Waals surface area contributed by atoms with E-state index in [0.29, 0.717) is 37.7 Å². The third-order valence-corrected chi connectivity index (χ3v) is 8.94. The summed E-state index contributed by atoms with van der Waals surface area (Å²) in [7, 11) is 0. The molecule has 3 heterocycles. The highest BCUT2D eigenvalue weighted by atomic mass is 32.2. The molecule has 1 aliphatic rings. The number of amides is 2. The van der Waals surface area contributed by atoms with Crippen LogP contribution in [0.4, 0.5) is 5.69 Å². The molecule has 0 unspecified atom stereocenters. The van der Waals surface area contributed by atoms with Gasteiger partial charge in [0, 0.05) is 23.5 Å². The summed E-state index contributed by atoms with van der Waals surface area (Å²) >= 11 is 9.39. The molecular weight excluding hydrogens is 585 g/mol. The maximum absolute atomic E-state index is 13.5. The lowest BCUT2D eigenvalue weighted by molar-refractivity contribution is -0.122. The molecule has 0 bridgehead atoms. The maximum atomic E-state index is 13.5. The lowest BCUT2D eigenvalue weighted by Gasteiger charge is -2.14. The van der Waals surface area contributed by atoms with E-state index in [9.17, 15) is 14.4 Å². The van der Waals surface area contributed by atoms with Crippen LogP contribution in [0, 0.1) is 0 Å². The lowest BCUT2D eigenvalue weighted by Crippen LogP contribution is -2.31. The van der Waals surface area contributed by atoms with Crippen molar-refractivity contribution in [3.8, 4) is 5.75 Å². The first-order chi connectivity index (χ1) is 19.4. The standard InChI is InChI=1S/C28H24N4O4S4/c1-2-36-19-11-9-18(10-12-19)29-24(33)17-39-27-30-21-7-3-4-8-22(21)32(27)25(34)13-14-31-26(35)23(40-28(31)37)16-20-6-5-15-38-20/h3-12,15-16H,2,13-14,17H2,1H3,(H,29,33)/b23-16+. The molecule has 1 N–H and O–H groups in total. The normalized spacial score (nSPS) is 14.3. The number of thiophene rings is 1. The van der Waals surface area contributed by atoms with Crippen LogP contribution in [0.5, 0.6) is 5.75 Å². The van der Waals surface area contributed by atoms with E-state index in [0.717, 1.165) is 10.6 Å². The first kappa shape index (κ1) is 28.1. The Kier molecular flexibility index (Phi) is 9.00. The molecule has 40 heavy (non-hydrogen) atoms. The number of ether oxygens (including phenoxy) is 1. The molecule has 0 aliphatic carbocycles. The van der Waals surface area contributed by atoms with E-state index < -0.39 is 0 Å².